The van der Waals surface area contributed by atoms with Crippen LogP contribution in [0.1, 0.15) is 34.5 Å². The molecule has 2 aliphatic rings. The lowest BCUT2D eigenvalue weighted by atomic mass is 9.92. The molecule has 5 rings (SSSR count). The number of benzene rings is 2. The van der Waals surface area contributed by atoms with E-state index in [4.69, 9.17) is 28.2 Å². The van der Waals surface area contributed by atoms with Gasteiger partial charge in [0.2, 0.25) is 0 Å². The van der Waals surface area contributed by atoms with Gasteiger partial charge in [0, 0.05) is 56.0 Å². The summed E-state index contributed by atoms with van der Waals surface area (Å²) in [6, 6.07) is 13.4. The highest BCUT2D eigenvalue weighted by molar-refractivity contribution is 6.43. The van der Waals surface area contributed by atoms with E-state index in [1.807, 2.05) is 12.1 Å². The van der Waals surface area contributed by atoms with E-state index < -0.39 is 6.10 Å². The number of amides is 1. The predicted octanol–water partition coefficient (Wildman–Crippen LogP) is 4.65. The van der Waals surface area contributed by atoms with Crippen LogP contribution in [0, 0.1) is 0 Å². The lowest BCUT2D eigenvalue weighted by molar-refractivity contribution is 0.0547. The molecule has 1 aromatic heterocycles. The average Bonchev–Trinajstić information content (AvgIpc) is 2.88. The van der Waals surface area contributed by atoms with Crippen LogP contribution in [-0.4, -0.2) is 71.2 Å². The first-order valence-corrected chi connectivity index (χ1v) is 13.0. The van der Waals surface area contributed by atoms with E-state index in [2.05, 4.69) is 22.3 Å². The summed E-state index contributed by atoms with van der Waals surface area (Å²) in [4.78, 5) is 21.8. The Hall–Kier alpha value is -2.38. The Bertz CT molecular complexity index is 1230. The fourth-order valence-electron chi connectivity index (χ4n) is 5.13. The molecule has 0 spiro atoms. The minimum absolute atomic E-state index is 0.103. The van der Waals surface area contributed by atoms with Crippen LogP contribution in [-0.2, 0) is 12.8 Å². The molecule has 3 aromatic rings. The van der Waals surface area contributed by atoms with Crippen LogP contribution in [0.15, 0.2) is 42.5 Å². The third kappa shape index (κ3) is 5.26. The summed E-state index contributed by atoms with van der Waals surface area (Å²) in [5, 5.41) is 16.2. The zero-order valence-electron chi connectivity index (χ0n) is 19.6. The molecule has 1 amide bonds. The van der Waals surface area contributed by atoms with Crippen molar-refractivity contribution >= 4 is 45.7 Å². The number of pyridine rings is 1. The molecule has 1 saturated heterocycles. The Morgan fingerprint density at radius 3 is 2.63 bits per heavy atom. The number of carbonyl (C=O) groups excluding carboxylic acids is 1. The van der Waals surface area contributed by atoms with Crippen molar-refractivity contribution in [1.82, 2.24) is 14.8 Å². The molecule has 1 unspecified atom stereocenters. The fraction of sp³-hybridized carbons (Fsp3) is 0.407. The number of aliphatic hydroxyl groups is 1. The van der Waals surface area contributed by atoms with Gasteiger partial charge in [0.1, 0.15) is 0 Å². The Labute approximate surface area is 215 Å². The molecule has 2 heterocycles. The molecular formula is C27H30Cl2N4O2. The van der Waals surface area contributed by atoms with Crippen LogP contribution in [0.5, 0.6) is 0 Å². The number of aromatic nitrogens is 1. The molecule has 0 bridgehead atoms. The van der Waals surface area contributed by atoms with Gasteiger partial charge in [-0.2, -0.15) is 0 Å². The quantitative estimate of drug-likeness (QED) is 0.502. The average molecular weight is 513 g/mol. The maximum atomic E-state index is 12.9. The third-order valence-electron chi connectivity index (χ3n) is 6.99. The van der Waals surface area contributed by atoms with Crippen LogP contribution < -0.4 is 5.32 Å². The van der Waals surface area contributed by atoms with Gasteiger partial charge in [-0.15, -0.1) is 0 Å². The number of piperazine rings is 1. The maximum absolute atomic E-state index is 12.9. The molecular weight excluding hydrogens is 483 g/mol. The largest absolute Gasteiger partial charge is 0.390 e. The first-order valence-electron chi connectivity index (χ1n) is 12.3. The van der Waals surface area contributed by atoms with E-state index in [0.717, 1.165) is 29.4 Å². The number of halogens is 2. The van der Waals surface area contributed by atoms with Crippen molar-refractivity contribution in [3.63, 3.8) is 0 Å². The van der Waals surface area contributed by atoms with Crippen LogP contribution in [0.3, 0.4) is 0 Å². The van der Waals surface area contributed by atoms with Crippen LogP contribution in [0.4, 0.5) is 5.69 Å². The molecule has 2 aromatic carbocycles. The molecule has 1 aliphatic carbocycles. The van der Waals surface area contributed by atoms with Gasteiger partial charge in [0.15, 0.2) is 0 Å². The number of fused-ring (bicyclic) bond motifs is 2. The summed E-state index contributed by atoms with van der Waals surface area (Å²) >= 11 is 12.3. The van der Waals surface area contributed by atoms with E-state index in [-0.39, 0.29) is 5.91 Å². The van der Waals surface area contributed by atoms with E-state index in [1.165, 1.54) is 24.1 Å². The lowest BCUT2D eigenvalue weighted by Crippen LogP contribution is -2.51. The number of hydrogen-bond acceptors (Lipinski definition) is 5. The van der Waals surface area contributed by atoms with Crippen molar-refractivity contribution in [2.24, 2.45) is 0 Å². The predicted molar refractivity (Wildman–Crippen MR) is 142 cm³/mol. The summed E-state index contributed by atoms with van der Waals surface area (Å²) < 4.78 is 0. The molecule has 0 saturated carbocycles. The smallest absolute Gasteiger partial charge is 0.255 e. The molecule has 0 radical (unpaired) electrons. The number of nitrogens with one attached hydrogen (secondary N) is 1. The SMILES string of the molecule is O=C(c1cccc(Cl)c1Cl)N1CCN(CC(O)CNc2c3c(nc4ccccc24)CCCC3)CC1. The molecule has 8 heteroatoms. The van der Waals surface area contributed by atoms with E-state index >= 15 is 0 Å². The standard InChI is InChI=1S/C27H30Cl2N4O2/c28-22-9-5-8-21(25(22)29)27(35)33-14-12-32(13-15-33)17-18(34)16-30-26-19-6-1-3-10-23(19)31-24-11-4-2-7-20(24)26/h1,3,5-6,8-10,18,34H,2,4,7,11-17H2,(H,30,31). The van der Waals surface area contributed by atoms with Crippen LogP contribution >= 0.6 is 23.2 Å². The molecule has 2 N–H and O–H groups in total. The highest BCUT2D eigenvalue weighted by atomic mass is 35.5. The molecule has 6 nitrogen and oxygen atoms in total. The molecule has 1 aliphatic heterocycles. The zero-order chi connectivity index (χ0) is 24.4. The van der Waals surface area contributed by atoms with Crippen molar-refractivity contribution in [2.75, 3.05) is 44.6 Å². The summed E-state index contributed by atoms with van der Waals surface area (Å²) in [5.41, 5.74) is 5.05. The van der Waals surface area contributed by atoms with Crippen molar-refractivity contribution < 1.29 is 9.90 Å². The Morgan fingerprint density at radius 1 is 1.03 bits per heavy atom. The highest BCUT2D eigenvalue weighted by Gasteiger charge is 2.25. The normalized spacial score (nSPS) is 17.3. The zero-order valence-corrected chi connectivity index (χ0v) is 21.2. The van der Waals surface area contributed by atoms with Gasteiger partial charge in [-0.25, -0.2) is 0 Å². The van der Waals surface area contributed by atoms with Crippen molar-refractivity contribution in [1.29, 1.82) is 0 Å². The monoisotopic (exact) mass is 512 g/mol. The molecule has 184 valence electrons. The van der Waals surface area contributed by atoms with E-state index in [1.54, 1.807) is 23.1 Å². The van der Waals surface area contributed by atoms with Gasteiger partial charge in [0.05, 0.1) is 27.2 Å². The number of hydrogen-bond donors (Lipinski definition) is 2. The van der Waals surface area contributed by atoms with Crippen molar-refractivity contribution in [2.45, 2.75) is 31.8 Å². The first-order chi connectivity index (χ1) is 17.0. The van der Waals surface area contributed by atoms with Gasteiger partial charge in [-0.1, -0.05) is 47.5 Å². The van der Waals surface area contributed by atoms with Gasteiger partial charge < -0.3 is 15.3 Å². The maximum Gasteiger partial charge on any atom is 0.255 e. The minimum atomic E-state index is -0.522. The topological polar surface area (TPSA) is 68.7 Å². The molecule has 1 fully saturated rings. The number of rotatable bonds is 6. The summed E-state index contributed by atoms with van der Waals surface area (Å²) in [6.07, 6.45) is 3.87. The number of β-amino-alcohol motifs (C(OH)–C–C–N with tert-alkyl or cyclic N) is 1. The van der Waals surface area contributed by atoms with Gasteiger partial charge >= 0.3 is 0 Å². The third-order valence-corrected chi connectivity index (χ3v) is 7.81. The highest BCUT2D eigenvalue weighted by Crippen LogP contribution is 2.33. The summed E-state index contributed by atoms with van der Waals surface area (Å²) in [7, 11) is 0. The van der Waals surface area contributed by atoms with Gasteiger partial charge in [-0.3, -0.25) is 14.7 Å². The number of anilines is 1. The lowest BCUT2D eigenvalue weighted by Gasteiger charge is -2.36. The first kappa shape index (κ1) is 24.3. The number of nitrogens with zero attached hydrogens (tertiary/aromatic N) is 3. The van der Waals surface area contributed by atoms with Crippen molar-refractivity contribution in [3.05, 3.63) is 69.3 Å². The fourth-order valence-corrected chi connectivity index (χ4v) is 5.51. The second-order valence-electron chi connectivity index (χ2n) is 9.37. The second kappa shape index (κ2) is 10.7. The Kier molecular flexibility index (Phi) is 7.44. The van der Waals surface area contributed by atoms with Crippen LogP contribution in [0.25, 0.3) is 10.9 Å². The number of para-hydroxylation sites is 1. The number of aryl methyl sites for hydroxylation is 1. The van der Waals surface area contributed by atoms with Gasteiger partial charge in [0.25, 0.3) is 5.91 Å². The van der Waals surface area contributed by atoms with Gasteiger partial charge in [-0.05, 0) is 49.4 Å². The van der Waals surface area contributed by atoms with Crippen LogP contribution in [0.2, 0.25) is 10.0 Å². The number of carbonyl (C=O) groups is 1. The minimum Gasteiger partial charge on any atom is -0.390 e. The van der Waals surface area contributed by atoms with E-state index in [9.17, 15) is 9.90 Å². The van der Waals surface area contributed by atoms with E-state index in [0.29, 0.717) is 54.9 Å². The second-order valence-corrected chi connectivity index (χ2v) is 10.2. The molecule has 35 heavy (non-hydrogen) atoms. The summed E-state index contributed by atoms with van der Waals surface area (Å²) in [5.74, 6) is -0.103. The Balaban J connectivity index is 1.18. The summed E-state index contributed by atoms with van der Waals surface area (Å²) in [6.45, 7) is 3.60. The van der Waals surface area contributed by atoms with Crippen molar-refractivity contribution in [3.8, 4) is 0 Å². The molecule has 1 atom stereocenters. The number of aliphatic hydroxyl groups excluding tert-OH is 1. The Morgan fingerprint density at radius 2 is 1.80 bits per heavy atom.